The Morgan fingerprint density at radius 1 is 0.941 bits per heavy atom. The average Bonchev–Trinajstić information content (AvgIpc) is 3.49. The van der Waals surface area contributed by atoms with E-state index in [0.29, 0.717) is 16.8 Å². The summed E-state index contributed by atoms with van der Waals surface area (Å²) in [4.78, 5) is 36.7. The van der Waals surface area contributed by atoms with E-state index in [9.17, 15) is 14.4 Å². The normalized spacial score (nSPS) is 15.3. The van der Waals surface area contributed by atoms with Gasteiger partial charge in [0.15, 0.2) is 5.78 Å². The van der Waals surface area contributed by atoms with Gasteiger partial charge in [-0.3, -0.25) is 14.7 Å². The summed E-state index contributed by atoms with van der Waals surface area (Å²) in [5, 5.41) is 16.1. The second-order valence-electron chi connectivity index (χ2n) is 7.92. The predicted molar refractivity (Wildman–Crippen MR) is 130 cm³/mol. The van der Waals surface area contributed by atoms with Crippen LogP contribution in [0.5, 0.6) is 0 Å². The number of hydrogen-bond acceptors (Lipinski definition) is 4. The summed E-state index contributed by atoms with van der Waals surface area (Å²) in [6, 6.07) is 21.1. The molecule has 1 aliphatic heterocycles. The topological polar surface area (TPSA) is 116 Å². The quantitative estimate of drug-likeness (QED) is 0.335. The van der Waals surface area contributed by atoms with Crippen LogP contribution in [-0.2, 0) is 4.79 Å². The van der Waals surface area contributed by atoms with Gasteiger partial charge in [0, 0.05) is 28.7 Å². The van der Waals surface area contributed by atoms with Crippen molar-refractivity contribution in [2.75, 3.05) is 11.9 Å². The number of benzene rings is 3. The van der Waals surface area contributed by atoms with Crippen LogP contribution in [0.15, 0.2) is 72.8 Å². The van der Waals surface area contributed by atoms with Crippen molar-refractivity contribution >= 4 is 46.5 Å². The Labute approximate surface area is 195 Å². The number of rotatable bonds is 6. The van der Waals surface area contributed by atoms with Crippen LogP contribution < -0.4 is 16.0 Å². The predicted octanol–water partition coefficient (Wildman–Crippen LogP) is 3.58. The van der Waals surface area contributed by atoms with Crippen molar-refractivity contribution in [3.8, 4) is 0 Å². The summed E-state index contributed by atoms with van der Waals surface area (Å²) in [5.41, 5.74) is 4.04. The molecule has 8 heteroatoms. The third kappa shape index (κ3) is 4.42. The van der Waals surface area contributed by atoms with Gasteiger partial charge in [-0.05, 0) is 35.9 Å². The molecule has 4 aromatic rings. The molecule has 0 saturated carbocycles. The van der Waals surface area contributed by atoms with Gasteiger partial charge in [0.2, 0.25) is 5.91 Å². The maximum Gasteiger partial charge on any atom is 0.315 e. The summed E-state index contributed by atoms with van der Waals surface area (Å²) >= 11 is 0. The molecule has 0 radical (unpaired) electrons. The molecule has 3 aromatic carbocycles. The molecule has 1 fully saturated rings. The third-order valence-corrected chi connectivity index (χ3v) is 5.57. The SMILES string of the molecule is O=C1NCC(C(=O)Nc2cccc(C(=O)c3ccc4c(/C=C/c5ccccc5)n[nH]c4c3)c2)N1. The van der Waals surface area contributed by atoms with Gasteiger partial charge in [-0.1, -0.05) is 54.6 Å². The number of ketones is 1. The first-order chi connectivity index (χ1) is 16.6. The van der Waals surface area contributed by atoms with Crippen molar-refractivity contribution in [3.05, 3.63) is 95.2 Å². The summed E-state index contributed by atoms with van der Waals surface area (Å²) in [5.74, 6) is -0.525. The van der Waals surface area contributed by atoms with E-state index in [4.69, 9.17) is 0 Å². The van der Waals surface area contributed by atoms with Crippen molar-refractivity contribution in [2.45, 2.75) is 6.04 Å². The Balaban J connectivity index is 1.33. The molecular weight excluding hydrogens is 430 g/mol. The van der Waals surface area contributed by atoms with E-state index in [1.54, 1.807) is 36.4 Å². The molecule has 0 aliphatic carbocycles. The Morgan fingerprint density at radius 3 is 2.56 bits per heavy atom. The standard InChI is InChI=1S/C26H21N5O3/c32-24(17-7-4-8-19(13-17)28-25(33)23-15-27-26(34)29-23)18-10-11-20-21(30-31-22(20)14-18)12-9-16-5-2-1-3-6-16/h1-14,23H,15H2,(H,28,33)(H,30,31)(H2,27,29,34)/b12-9+. The fraction of sp³-hybridized carbons (Fsp3) is 0.0769. The minimum atomic E-state index is -0.653. The Morgan fingerprint density at radius 2 is 1.76 bits per heavy atom. The third-order valence-electron chi connectivity index (χ3n) is 5.57. The number of aromatic nitrogens is 2. The number of carbonyl (C=O) groups is 3. The highest BCUT2D eigenvalue weighted by molar-refractivity contribution is 6.11. The molecule has 1 aromatic heterocycles. The van der Waals surface area contributed by atoms with Crippen molar-refractivity contribution < 1.29 is 14.4 Å². The minimum absolute atomic E-state index is 0.176. The molecule has 2 heterocycles. The van der Waals surface area contributed by atoms with Crippen molar-refractivity contribution in [3.63, 3.8) is 0 Å². The van der Waals surface area contributed by atoms with Crippen LogP contribution in [0.4, 0.5) is 10.5 Å². The lowest BCUT2D eigenvalue weighted by atomic mass is 10.0. The number of urea groups is 1. The number of fused-ring (bicyclic) bond motifs is 1. The first kappa shape index (κ1) is 21.1. The number of nitrogens with zero attached hydrogens (tertiary/aromatic N) is 1. The molecule has 1 aliphatic rings. The van der Waals surface area contributed by atoms with Crippen LogP contribution in [0.1, 0.15) is 27.2 Å². The molecule has 0 spiro atoms. The van der Waals surface area contributed by atoms with E-state index < -0.39 is 6.04 Å². The van der Waals surface area contributed by atoms with Crippen LogP contribution in [-0.4, -0.2) is 40.5 Å². The van der Waals surface area contributed by atoms with Gasteiger partial charge in [-0.2, -0.15) is 5.10 Å². The monoisotopic (exact) mass is 451 g/mol. The maximum absolute atomic E-state index is 13.1. The van der Waals surface area contributed by atoms with Gasteiger partial charge in [0.1, 0.15) is 6.04 Å². The maximum atomic E-state index is 13.1. The number of nitrogens with one attached hydrogen (secondary N) is 4. The summed E-state index contributed by atoms with van der Waals surface area (Å²) in [6.07, 6.45) is 3.92. The summed E-state index contributed by atoms with van der Waals surface area (Å²) in [7, 11) is 0. The van der Waals surface area contributed by atoms with E-state index >= 15 is 0 Å². The number of aromatic amines is 1. The second-order valence-corrected chi connectivity index (χ2v) is 7.92. The van der Waals surface area contributed by atoms with E-state index in [1.165, 1.54) is 0 Å². The number of H-pyrrole nitrogens is 1. The van der Waals surface area contributed by atoms with Crippen molar-refractivity contribution in [1.29, 1.82) is 0 Å². The van der Waals surface area contributed by atoms with Gasteiger partial charge in [-0.25, -0.2) is 4.79 Å². The van der Waals surface area contributed by atoms with Crippen LogP contribution in [0.3, 0.4) is 0 Å². The smallest absolute Gasteiger partial charge is 0.315 e. The molecule has 1 atom stereocenters. The fourth-order valence-corrected chi connectivity index (χ4v) is 3.80. The molecule has 1 unspecified atom stereocenters. The summed E-state index contributed by atoms with van der Waals surface area (Å²) in [6.45, 7) is 0.218. The second kappa shape index (κ2) is 9.03. The highest BCUT2D eigenvalue weighted by Gasteiger charge is 2.26. The van der Waals surface area contributed by atoms with Crippen LogP contribution >= 0.6 is 0 Å². The van der Waals surface area contributed by atoms with Crippen molar-refractivity contribution in [1.82, 2.24) is 20.8 Å². The Hall–Kier alpha value is -4.72. The van der Waals surface area contributed by atoms with Gasteiger partial charge in [-0.15, -0.1) is 0 Å². The van der Waals surface area contributed by atoms with Gasteiger partial charge in [0.25, 0.3) is 0 Å². The average molecular weight is 451 g/mol. The van der Waals surface area contributed by atoms with E-state index in [-0.39, 0.29) is 24.3 Å². The van der Waals surface area contributed by atoms with Gasteiger partial charge < -0.3 is 16.0 Å². The fourth-order valence-electron chi connectivity index (χ4n) is 3.80. The number of carbonyl (C=O) groups excluding carboxylic acids is 3. The summed E-state index contributed by atoms with van der Waals surface area (Å²) < 4.78 is 0. The molecule has 0 bridgehead atoms. The zero-order valence-electron chi connectivity index (χ0n) is 18.0. The molecule has 4 N–H and O–H groups in total. The molecule has 5 rings (SSSR count). The lowest BCUT2D eigenvalue weighted by Crippen LogP contribution is -2.38. The van der Waals surface area contributed by atoms with Crippen LogP contribution in [0, 0.1) is 0 Å². The molecule has 1 saturated heterocycles. The van der Waals surface area contributed by atoms with Crippen LogP contribution in [0.25, 0.3) is 23.1 Å². The molecule has 34 heavy (non-hydrogen) atoms. The number of amides is 3. The largest absolute Gasteiger partial charge is 0.336 e. The van der Waals surface area contributed by atoms with Gasteiger partial charge in [0.05, 0.1) is 11.2 Å². The molecule has 3 amide bonds. The van der Waals surface area contributed by atoms with E-state index in [0.717, 1.165) is 22.2 Å². The first-order valence-corrected chi connectivity index (χ1v) is 10.8. The highest BCUT2D eigenvalue weighted by atomic mass is 16.2. The Kier molecular flexibility index (Phi) is 5.61. The zero-order chi connectivity index (χ0) is 23.5. The highest BCUT2D eigenvalue weighted by Crippen LogP contribution is 2.22. The molecule has 168 valence electrons. The van der Waals surface area contributed by atoms with Crippen LogP contribution in [0.2, 0.25) is 0 Å². The molecule has 8 nitrogen and oxygen atoms in total. The lowest BCUT2D eigenvalue weighted by molar-refractivity contribution is -0.117. The minimum Gasteiger partial charge on any atom is -0.336 e. The lowest BCUT2D eigenvalue weighted by Gasteiger charge is -2.11. The zero-order valence-corrected chi connectivity index (χ0v) is 18.0. The number of anilines is 1. The molecular formula is C26H21N5O3. The van der Waals surface area contributed by atoms with Crippen molar-refractivity contribution in [2.24, 2.45) is 0 Å². The Bertz CT molecular complexity index is 1420. The number of hydrogen-bond donors (Lipinski definition) is 4. The van der Waals surface area contributed by atoms with E-state index in [1.807, 2.05) is 48.6 Å². The van der Waals surface area contributed by atoms with Gasteiger partial charge >= 0.3 is 6.03 Å². The first-order valence-electron chi connectivity index (χ1n) is 10.8. The van der Waals surface area contributed by atoms with E-state index in [2.05, 4.69) is 26.1 Å².